The van der Waals surface area contributed by atoms with Crippen molar-refractivity contribution in [2.24, 2.45) is 0 Å². The van der Waals surface area contributed by atoms with E-state index in [1.54, 1.807) is 23.1 Å². The van der Waals surface area contributed by atoms with E-state index in [1.807, 2.05) is 18.2 Å². The van der Waals surface area contributed by atoms with Crippen molar-refractivity contribution in [3.05, 3.63) is 70.4 Å². The molecule has 0 aliphatic carbocycles. The van der Waals surface area contributed by atoms with Crippen molar-refractivity contribution in [3.8, 4) is 0 Å². The maximum absolute atomic E-state index is 5.81. The molecule has 0 saturated heterocycles. The van der Waals surface area contributed by atoms with Gasteiger partial charge in [0.05, 0.1) is 11.9 Å². The topological polar surface area (TPSA) is 51.8 Å². The first-order valence-electron chi connectivity index (χ1n) is 8.56. The van der Waals surface area contributed by atoms with Gasteiger partial charge in [-0.25, -0.2) is 0 Å². The predicted molar refractivity (Wildman–Crippen MR) is 107 cm³/mol. The molecule has 4 rings (SSSR count). The molecule has 3 aromatic heterocycles. The second kappa shape index (κ2) is 7.60. The molecule has 0 radical (unpaired) electrons. The summed E-state index contributed by atoms with van der Waals surface area (Å²) in [5.74, 6) is 0.941. The van der Waals surface area contributed by atoms with Gasteiger partial charge in [-0.05, 0) is 23.6 Å². The van der Waals surface area contributed by atoms with Crippen LogP contribution in [0.1, 0.15) is 36.2 Å². The summed E-state index contributed by atoms with van der Waals surface area (Å²) in [6.07, 6.45) is 0.696. The molecule has 1 aromatic carbocycles. The van der Waals surface area contributed by atoms with Crippen molar-refractivity contribution in [1.29, 1.82) is 0 Å². The predicted octanol–water partition coefficient (Wildman–Crippen LogP) is 5.55. The van der Waals surface area contributed by atoms with E-state index in [0.29, 0.717) is 17.5 Å². The Kier molecular flexibility index (Phi) is 5.04. The Morgan fingerprint density at radius 1 is 1.04 bits per heavy atom. The Hall–Kier alpha value is -2.18. The van der Waals surface area contributed by atoms with Gasteiger partial charge in [-0.1, -0.05) is 55.9 Å². The fraction of sp³-hybridized carbons (Fsp3) is 0.250. The van der Waals surface area contributed by atoms with Crippen LogP contribution in [0.4, 0.5) is 0 Å². The van der Waals surface area contributed by atoms with E-state index in [1.165, 1.54) is 10.3 Å². The van der Waals surface area contributed by atoms with Crippen molar-refractivity contribution in [2.45, 2.75) is 36.7 Å². The molecular formula is C20H19N3OS2. The molecule has 0 amide bonds. The Morgan fingerprint density at radius 3 is 2.77 bits per heavy atom. The lowest BCUT2D eigenvalue weighted by Crippen LogP contribution is -2.10. The minimum atomic E-state index is 0.275. The van der Waals surface area contributed by atoms with Gasteiger partial charge < -0.3 is 4.42 Å². The summed E-state index contributed by atoms with van der Waals surface area (Å²) in [5.41, 5.74) is 2.12. The van der Waals surface area contributed by atoms with Crippen LogP contribution in [0.15, 0.2) is 63.6 Å². The summed E-state index contributed by atoms with van der Waals surface area (Å²) in [6, 6.07) is 16.6. The van der Waals surface area contributed by atoms with Gasteiger partial charge in [0.2, 0.25) is 5.89 Å². The molecule has 3 heterocycles. The zero-order valence-corrected chi connectivity index (χ0v) is 16.3. The number of nitrogens with zero attached hydrogens (tertiary/aromatic N) is 3. The molecule has 2 atom stereocenters. The van der Waals surface area contributed by atoms with E-state index >= 15 is 0 Å². The molecule has 4 nitrogen and oxygen atoms in total. The summed E-state index contributed by atoms with van der Waals surface area (Å²) in [5, 5.41) is 12.5. The number of thioether (sulfide) groups is 1. The van der Waals surface area contributed by atoms with Gasteiger partial charge in [0.15, 0.2) is 0 Å². The van der Waals surface area contributed by atoms with Gasteiger partial charge in [-0.2, -0.15) is 0 Å². The monoisotopic (exact) mass is 381 g/mol. The Labute approximate surface area is 160 Å². The normalized spacial score (nSPS) is 13.8. The lowest BCUT2D eigenvalue weighted by Gasteiger charge is -2.17. The number of thiophene rings is 1. The number of para-hydroxylation sites is 1. The molecule has 0 aliphatic heterocycles. The molecule has 132 valence electrons. The van der Waals surface area contributed by atoms with Crippen molar-refractivity contribution in [1.82, 2.24) is 15.2 Å². The van der Waals surface area contributed by atoms with Gasteiger partial charge in [-0.15, -0.1) is 21.5 Å². The van der Waals surface area contributed by atoms with Crippen LogP contribution in [-0.2, 0) is 6.42 Å². The van der Waals surface area contributed by atoms with E-state index in [2.05, 4.69) is 59.8 Å². The van der Waals surface area contributed by atoms with E-state index in [9.17, 15) is 0 Å². The van der Waals surface area contributed by atoms with Crippen LogP contribution in [-0.4, -0.2) is 20.4 Å². The summed E-state index contributed by atoms with van der Waals surface area (Å²) < 4.78 is 5.81. The molecule has 0 spiro atoms. The minimum absolute atomic E-state index is 0.275. The molecule has 0 N–H and O–H groups in total. The Morgan fingerprint density at radius 2 is 1.92 bits per heavy atom. The van der Waals surface area contributed by atoms with Gasteiger partial charge in [0, 0.05) is 27.1 Å². The number of aromatic nitrogens is 3. The maximum Gasteiger partial charge on any atom is 0.276 e. The number of fused-ring (bicyclic) bond motifs is 1. The number of hydrogen-bond donors (Lipinski definition) is 0. The summed E-state index contributed by atoms with van der Waals surface area (Å²) in [6.45, 7) is 4.37. The maximum atomic E-state index is 5.81. The third-order valence-corrected chi connectivity index (χ3v) is 6.45. The number of benzene rings is 1. The molecule has 0 aliphatic rings. The van der Waals surface area contributed by atoms with Crippen LogP contribution in [0.25, 0.3) is 10.9 Å². The smallest absolute Gasteiger partial charge is 0.276 e. The third-order valence-electron chi connectivity index (χ3n) is 4.43. The highest BCUT2D eigenvalue weighted by Crippen LogP contribution is 2.32. The zero-order valence-electron chi connectivity index (χ0n) is 14.6. The fourth-order valence-electron chi connectivity index (χ4n) is 2.76. The van der Waals surface area contributed by atoms with Crippen molar-refractivity contribution in [2.75, 3.05) is 0 Å². The molecule has 0 bridgehead atoms. The van der Waals surface area contributed by atoms with Crippen LogP contribution in [0, 0.1) is 0 Å². The Balaban J connectivity index is 1.45. The van der Waals surface area contributed by atoms with E-state index in [-0.39, 0.29) is 11.2 Å². The zero-order chi connectivity index (χ0) is 17.9. The van der Waals surface area contributed by atoms with Gasteiger partial charge >= 0.3 is 0 Å². The van der Waals surface area contributed by atoms with Crippen molar-refractivity contribution >= 4 is 34.0 Å². The molecular weight excluding hydrogens is 362 g/mol. The van der Waals surface area contributed by atoms with Gasteiger partial charge in [0.1, 0.15) is 0 Å². The first-order chi connectivity index (χ1) is 12.7. The SMILES string of the molecule is C[C@H](c1ccc2ccccc2n1)[C@@H](C)Sc1nnc(Cc2cccs2)o1. The van der Waals surface area contributed by atoms with E-state index in [0.717, 1.165) is 11.2 Å². The van der Waals surface area contributed by atoms with Crippen LogP contribution in [0.5, 0.6) is 0 Å². The van der Waals surface area contributed by atoms with Crippen molar-refractivity contribution in [3.63, 3.8) is 0 Å². The first kappa shape index (κ1) is 17.2. The van der Waals surface area contributed by atoms with Gasteiger partial charge in [0.25, 0.3) is 5.22 Å². The molecule has 4 aromatic rings. The Bertz CT molecular complexity index is 997. The number of hydrogen-bond acceptors (Lipinski definition) is 6. The number of pyridine rings is 1. The molecule has 6 heteroatoms. The van der Waals surface area contributed by atoms with E-state index < -0.39 is 0 Å². The van der Waals surface area contributed by atoms with E-state index in [4.69, 9.17) is 9.40 Å². The lowest BCUT2D eigenvalue weighted by atomic mass is 10.0. The second-order valence-electron chi connectivity index (χ2n) is 6.26. The highest BCUT2D eigenvalue weighted by Gasteiger charge is 2.20. The van der Waals surface area contributed by atoms with Crippen molar-refractivity contribution < 1.29 is 4.42 Å². The third kappa shape index (κ3) is 3.81. The van der Waals surface area contributed by atoms with Crippen LogP contribution in [0.2, 0.25) is 0 Å². The summed E-state index contributed by atoms with van der Waals surface area (Å²) in [4.78, 5) is 6.04. The largest absolute Gasteiger partial charge is 0.416 e. The van der Waals surface area contributed by atoms with Gasteiger partial charge in [-0.3, -0.25) is 4.98 Å². The molecule has 0 fully saturated rings. The summed E-state index contributed by atoms with van der Waals surface area (Å²) >= 11 is 3.31. The second-order valence-corrected chi connectivity index (χ2v) is 8.62. The highest BCUT2D eigenvalue weighted by molar-refractivity contribution is 7.99. The lowest BCUT2D eigenvalue weighted by molar-refractivity contribution is 0.419. The number of rotatable bonds is 6. The first-order valence-corrected chi connectivity index (χ1v) is 10.3. The average Bonchev–Trinajstić information content (AvgIpc) is 3.33. The minimum Gasteiger partial charge on any atom is -0.416 e. The van der Waals surface area contributed by atoms with Crippen LogP contribution < -0.4 is 0 Å². The average molecular weight is 382 g/mol. The molecule has 0 saturated carbocycles. The highest BCUT2D eigenvalue weighted by atomic mass is 32.2. The fourth-order valence-corrected chi connectivity index (χ4v) is 4.35. The quantitative estimate of drug-likeness (QED) is 0.410. The van der Waals surface area contributed by atoms with Crippen LogP contribution >= 0.6 is 23.1 Å². The summed E-state index contributed by atoms with van der Waals surface area (Å²) in [7, 11) is 0. The standard InChI is InChI=1S/C20H19N3OS2/c1-13(17-10-9-15-6-3-4-8-18(15)21-17)14(2)26-20-23-22-19(24-20)12-16-7-5-11-25-16/h3-11,13-14H,12H2,1-2H3/t13-,14+/m0/s1. The molecule has 0 unspecified atom stereocenters. The molecule has 26 heavy (non-hydrogen) atoms. The van der Waals surface area contributed by atoms with Crippen LogP contribution in [0.3, 0.4) is 0 Å².